The van der Waals surface area contributed by atoms with Crippen molar-refractivity contribution in [1.82, 2.24) is 4.90 Å². The van der Waals surface area contributed by atoms with Gasteiger partial charge in [-0.05, 0) is 43.6 Å². The first-order valence-electron chi connectivity index (χ1n) is 9.82. The highest BCUT2D eigenvalue weighted by molar-refractivity contribution is 5.69. The number of esters is 1. The monoisotopic (exact) mass is 375 g/mol. The van der Waals surface area contributed by atoms with Crippen LogP contribution in [0.15, 0.2) is 30.3 Å². The minimum absolute atomic E-state index is 0.0800. The summed E-state index contributed by atoms with van der Waals surface area (Å²) in [7, 11) is 1.44. The molecule has 1 aromatic carbocycles. The zero-order valence-electron chi connectivity index (χ0n) is 16.0. The van der Waals surface area contributed by atoms with Gasteiger partial charge >= 0.3 is 12.1 Å². The smallest absolute Gasteiger partial charge is 0.410 e. The summed E-state index contributed by atoms with van der Waals surface area (Å²) in [6.45, 7) is 1.57. The molecule has 1 atom stereocenters. The number of rotatable bonds is 6. The molecule has 1 saturated carbocycles. The zero-order chi connectivity index (χ0) is 19.1. The molecule has 0 aromatic heterocycles. The average Bonchev–Trinajstić information content (AvgIpc) is 3.17. The molecule has 6 heteroatoms. The van der Waals surface area contributed by atoms with Crippen molar-refractivity contribution < 1.29 is 23.8 Å². The van der Waals surface area contributed by atoms with E-state index >= 15 is 0 Å². The second-order valence-corrected chi connectivity index (χ2v) is 7.46. The number of amides is 1. The molecule has 0 radical (unpaired) electrons. The van der Waals surface area contributed by atoms with E-state index in [9.17, 15) is 9.59 Å². The predicted octanol–water partition coefficient (Wildman–Crippen LogP) is 3.54. The molecule has 1 amide bonds. The van der Waals surface area contributed by atoms with Gasteiger partial charge in [-0.1, -0.05) is 30.3 Å². The lowest BCUT2D eigenvalue weighted by Crippen LogP contribution is -2.33. The molecule has 0 unspecified atom stereocenters. The molecule has 1 saturated heterocycles. The van der Waals surface area contributed by atoms with E-state index in [0.717, 1.165) is 37.7 Å². The summed E-state index contributed by atoms with van der Waals surface area (Å²) >= 11 is 0. The summed E-state index contributed by atoms with van der Waals surface area (Å²) in [5.41, 5.74) is 0.988. The second kappa shape index (κ2) is 9.74. The lowest BCUT2D eigenvalue weighted by atomic mass is 9.85. The van der Waals surface area contributed by atoms with E-state index in [-0.39, 0.29) is 24.3 Å². The summed E-state index contributed by atoms with van der Waals surface area (Å²) in [5.74, 6) is 0.283. The maximum absolute atomic E-state index is 12.2. The molecular formula is C21H29NO5. The number of hydrogen-bond donors (Lipinski definition) is 0. The van der Waals surface area contributed by atoms with Crippen LogP contribution in [0, 0.1) is 5.92 Å². The number of ether oxygens (including phenoxy) is 3. The van der Waals surface area contributed by atoms with Gasteiger partial charge in [-0.15, -0.1) is 0 Å². The van der Waals surface area contributed by atoms with Crippen LogP contribution in [0.5, 0.6) is 0 Å². The highest BCUT2D eigenvalue weighted by Crippen LogP contribution is 2.30. The van der Waals surface area contributed by atoms with Gasteiger partial charge in [0.25, 0.3) is 0 Å². The number of hydrogen-bond acceptors (Lipinski definition) is 5. The molecule has 3 rings (SSSR count). The van der Waals surface area contributed by atoms with Crippen molar-refractivity contribution >= 4 is 12.1 Å². The first kappa shape index (κ1) is 19.7. The zero-order valence-corrected chi connectivity index (χ0v) is 16.0. The third-order valence-corrected chi connectivity index (χ3v) is 5.47. The van der Waals surface area contributed by atoms with Crippen LogP contribution in [-0.2, 0) is 25.6 Å². The van der Waals surface area contributed by atoms with Gasteiger partial charge in [0.1, 0.15) is 6.61 Å². The maximum Gasteiger partial charge on any atom is 0.410 e. The van der Waals surface area contributed by atoms with E-state index in [1.54, 1.807) is 4.90 Å². The fourth-order valence-corrected chi connectivity index (χ4v) is 3.88. The van der Waals surface area contributed by atoms with E-state index in [1.807, 2.05) is 30.3 Å². The highest BCUT2D eigenvalue weighted by atomic mass is 16.6. The average molecular weight is 375 g/mol. The van der Waals surface area contributed by atoms with E-state index in [4.69, 9.17) is 14.2 Å². The van der Waals surface area contributed by atoms with Crippen molar-refractivity contribution in [1.29, 1.82) is 0 Å². The minimum atomic E-state index is -0.272. The Morgan fingerprint density at radius 1 is 1.04 bits per heavy atom. The van der Waals surface area contributed by atoms with E-state index in [1.165, 1.54) is 7.11 Å². The Kier molecular flexibility index (Phi) is 7.10. The van der Waals surface area contributed by atoms with Gasteiger partial charge in [0.15, 0.2) is 0 Å². The van der Waals surface area contributed by atoms with Crippen LogP contribution < -0.4 is 0 Å². The molecule has 1 aliphatic heterocycles. The molecule has 1 aromatic rings. The lowest BCUT2D eigenvalue weighted by molar-refractivity contribution is -0.142. The van der Waals surface area contributed by atoms with Gasteiger partial charge in [0.2, 0.25) is 0 Å². The second-order valence-electron chi connectivity index (χ2n) is 7.46. The van der Waals surface area contributed by atoms with Crippen molar-refractivity contribution in [2.45, 2.75) is 57.3 Å². The van der Waals surface area contributed by atoms with Crippen LogP contribution in [0.1, 0.15) is 44.1 Å². The Morgan fingerprint density at radius 3 is 2.48 bits per heavy atom. The quantitative estimate of drug-likeness (QED) is 0.712. The van der Waals surface area contributed by atoms with E-state index < -0.39 is 0 Å². The van der Waals surface area contributed by atoms with Crippen molar-refractivity contribution in [3.63, 3.8) is 0 Å². The molecule has 0 spiro atoms. The number of carbonyl (C=O) groups excluding carboxylic acids is 2. The highest BCUT2D eigenvalue weighted by Gasteiger charge is 2.31. The van der Waals surface area contributed by atoms with Crippen molar-refractivity contribution in [3.05, 3.63) is 35.9 Å². The van der Waals surface area contributed by atoms with Crippen LogP contribution >= 0.6 is 0 Å². The maximum atomic E-state index is 12.2. The van der Waals surface area contributed by atoms with Crippen molar-refractivity contribution in [3.8, 4) is 0 Å². The summed E-state index contributed by atoms with van der Waals surface area (Å²) in [5, 5.41) is 0. The first-order chi connectivity index (χ1) is 13.1. The number of likely N-dealkylation sites (tertiary alicyclic amines) is 1. The number of nitrogens with zero attached hydrogens (tertiary/aromatic N) is 1. The Morgan fingerprint density at radius 2 is 1.78 bits per heavy atom. The van der Waals surface area contributed by atoms with Gasteiger partial charge in [0.05, 0.1) is 25.9 Å². The van der Waals surface area contributed by atoms with Crippen LogP contribution in [0.4, 0.5) is 4.79 Å². The molecule has 0 bridgehead atoms. The SMILES string of the molecule is COC(=O)C[C@H]1CC[C@H](O[C@H]2CCN(C(=O)OCc3ccccc3)C2)CC1. The number of benzene rings is 1. The predicted molar refractivity (Wildman–Crippen MR) is 100 cm³/mol. The Hall–Kier alpha value is -2.08. The van der Waals surface area contributed by atoms with Gasteiger partial charge in [-0.25, -0.2) is 4.79 Å². The summed E-state index contributed by atoms with van der Waals surface area (Å²) in [6, 6.07) is 9.70. The van der Waals surface area contributed by atoms with Crippen LogP contribution in [0.25, 0.3) is 0 Å². The van der Waals surface area contributed by atoms with E-state index in [2.05, 4.69) is 0 Å². The fourth-order valence-electron chi connectivity index (χ4n) is 3.88. The van der Waals surface area contributed by atoms with Crippen LogP contribution in [0.2, 0.25) is 0 Å². The Balaban J connectivity index is 1.35. The summed E-state index contributed by atoms with van der Waals surface area (Å²) < 4.78 is 16.4. The summed E-state index contributed by atoms with van der Waals surface area (Å²) in [6.07, 6.45) is 5.32. The molecule has 27 heavy (non-hydrogen) atoms. The van der Waals surface area contributed by atoms with E-state index in [0.29, 0.717) is 32.0 Å². The van der Waals surface area contributed by atoms with Gasteiger partial charge in [-0.2, -0.15) is 0 Å². The van der Waals surface area contributed by atoms with Gasteiger partial charge < -0.3 is 19.1 Å². The number of carbonyl (C=O) groups is 2. The molecular weight excluding hydrogens is 346 g/mol. The fraction of sp³-hybridized carbons (Fsp3) is 0.619. The van der Waals surface area contributed by atoms with Gasteiger partial charge in [-0.3, -0.25) is 4.79 Å². The standard InChI is InChI=1S/C21H29NO5/c1-25-20(23)13-16-7-9-18(10-8-16)27-19-11-12-22(14-19)21(24)26-15-17-5-3-2-4-6-17/h2-6,16,18-19H,7-15H2,1H3/t16-,18-,19-/m0/s1. The largest absolute Gasteiger partial charge is 0.469 e. The lowest BCUT2D eigenvalue weighted by Gasteiger charge is -2.30. The Bertz CT molecular complexity index is 612. The summed E-state index contributed by atoms with van der Waals surface area (Å²) in [4.78, 5) is 25.3. The molecule has 2 aliphatic rings. The molecule has 6 nitrogen and oxygen atoms in total. The minimum Gasteiger partial charge on any atom is -0.469 e. The van der Waals surface area contributed by atoms with Crippen LogP contribution in [0.3, 0.4) is 0 Å². The Labute approximate surface area is 160 Å². The van der Waals surface area contributed by atoms with Gasteiger partial charge in [0, 0.05) is 13.0 Å². The normalized spacial score (nSPS) is 25.2. The molecule has 1 heterocycles. The third kappa shape index (κ3) is 5.96. The molecule has 1 aliphatic carbocycles. The van der Waals surface area contributed by atoms with Crippen LogP contribution in [-0.4, -0.2) is 49.4 Å². The molecule has 2 fully saturated rings. The number of methoxy groups -OCH3 is 1. The van der Waals surface area contributed by atoms with Crippen molar-refractivity contribution in [2.75, 3.05) is 20.2 Å². The van der Waals surface area contributed by atoms with Crippen molar-refractivity contribution in [2.24, 2.45) is 5.92 Å². The third-order valence-electron chi connectivity index (χ3n) is 5.47. The first-order valence-corrected chi connectivity index (χ1v) is 9.82. The molecule has 0 N–H and O–H groups in total. The molecule has 148 valence electrons. The topological polar surface area (TPSA) is 65.1 Å².